The summed E-state index contributed by atoms with van der Waals surface area (Å²) >= 11 is 0. The Morgan fingerprint density at radius 2 is 1.85 bits per heavy atom. The van der Waals surface area contributed by atoms with E-state index in [-0.39, 0.29) is 11.9 Å². The number of rotatable bonds is 2. The van der Waals surface area contributed by atoms with Crippen molar-refractivity contribution in [3.63, 3.8) is 0 Å². The zero-order valence-electron chi connectivity index (χ0n) is 16.8. The molecule has 1 aliphatic heterocycles. The maximum absolute atomic E-state index is 10.7. The maximum atomic E-state index is 10.7. The second kappa shape index (κ2) is 14.6. The molecule has 1 atom stereocenters. The minimum absolute atomic E-state index is 0.117. The minimum Gasteiger partial charge on any atom is -0.368 e. The van der Waals surface area contributed by atoms with Crippen LogP contribution in [0.4, 0.5) is 0 Å². The van der Waals surface area contributed by atoms with Gasteiger partial charge < -0.3 is 15.8 Å². The fraction of sp³-hybridized carbons (Fsp3) is 0.364. The lowest BCUT2D eigenvalue weighted by atomic mass is 10.1. The van der Waals surface area contributed by atoms with E-state index in [1.807, 2.05) is 24.8 Å². The Morgan fingerprint density at radius 1 is 1.26 bits per heavy atom. The third-order valence-electron chi connectivity index (χ3n) is 4.03. The van der Waals surface area contributed by atoms with Gasteiger partial charge in [0.1, 0.15) is 12.8 Å². The predicted octanol–water partition coefficient (Wildman–Crippen LogP) is 2.92. The Kier molecular flexibility index (Phi) is 13.3. The molecule has 1 saturated heterocycles. The smallest absolute Gasteiger partial charge is 0.236 e. The highest BCUT2D eigenvalue weighted by Gasteiger charge is 2.22. The second-order valence-electron chi connectivity index (χ2n) is 6.15. The van der Waals surface area contributed by atoms with E-state index in [2.05, 4.69) is 68.2 Å². The molecule has 1 fully saturated rings. The van der Waals surface area contributed by atoms with E-state index in [4.69, 9.17) is 10.5 Å². The molecule has 1 unspecified atom stereocenters. The highest BCUT2D eigenvalue weighted by atomic mass is 16.1. The standard InChI is InChI=1S/C11H10.C6H13N3O.C4H8.CH2O/c1-9-6-7-10-4-2-3-5-11(10)8-9;1-9-3-2-8-4-5(9)6(7)10;1-3-4-2;1-2/h2-8H,1H3;5,8H,2-4H2,1H3,(H2,7,10);3H,1,4H2,2H3;1H2. The van der Waals surface area contributed by atoms with Crippen LogP contribution in [0.5, 0.6) is 0 Å². The van der Waals surface area contributed by atoms with Crippen LogP contribution in [0.15, 0.2) is 55.1 Å². The number of piperazine rings is 1. The van der Waals surface area contributed by atoms with Crippen LogP contribution in [-0.2, 0) is 9.59 Å². The maximum Gasteiger partial charge on any atom is 0.236 e. The van der Waals surface area contributed by atoms with Gasteiger partial charge in [-0.05, 0) is 31.2 Å². The van der Waals surface area contributed by atoms with Crippen LogP contribution in [0.25, 0.3) is 10.8 Å². The number of fused-ring (bicyclic) bond motifs is 1. The van der Waals surface area contributed by atoms with Gasteiger partial charge in [0.2, 0.25) is 5.91 Å². The van der Waals surface area contributed by atoms with Crippen LogP contribution in [0.2, 0.25) is 0 Å². The summed E-state index contributed by atoms with van der Waals surface area (Å²) in [4.78, 5) is 20.7. The Morgan fingerprint density at radius 3 is 2.33 bits per heavy atom. The van der Waals surface area contributed by atoms with Crippen LogP contribution in [0, 0.1) is 6.92 Å². The topological polar surface area (TPSA) is 75.4 Å². The molecule has 1 heterocycles. The number of amides is 1. The van der Waals surface area contributed by atoms with Gasteiger partial charge in [0.25, 0.3) is 0 Å². The van der Waals surface area contributed by atoms with Gasteiger partial charge in [0, 0.05) is 19.6 Å². The molecule has 27 heavy (non-hydrogen) atoms. The summed E-state index contributed by atoms with van der Waals surface area (Å²) in [5, 5.41) is 5.75. The van der Waals surface area contributed by atoms with Crippen molar-refractivity contribution < 1.29 is 9.59 Å². The Bertz CT molecular complexity index is 688. The lowest BCUT2D eigenvalue weighted by Crippen LogP contribution is -2.55. The van der Waals surface area contributed by atoms with Gasteiger partial charge in [0.15, 0.2) is 0 Å². The molecule has 0 bridgehead atoms. The molecule has 5 nitrogen and oxygen atoms in total. The van der Waals surface area contributed by atoms with Gasteiger partial charge in [-0.1, -0.05) is 61.0 Å². The van der Waals surface area contributed by atoms with Gasteiger partial charge in [-0.15, -0.1) is 6.58 Å². The van der Waals surface area contributed by atoms with Crippen LogP contribution in [0.1, 0.15) is 18.9 Å². The molecule has 5 heteroatoms. The van der Waals surface area contributed by atoms with Crippen molar-refractivity contribution in [2.75, 3.05) is 26.7 Å². The fourth-order valence-electron chi connectivity index (χ4n) is 2.43. The van der Waals surface area contributed by atoms with Crippen molar-refractivity contribution in [3.8, 4) is 0 Å². The zero-order valence-corrected chi connectivity index (χ0v) is 16.8. The summed E-state index contributed by atoms with van der Waals surface area (Å²) in [6.07, 6.45) is 2.96. The fourth-order valence-corrected chi connectivity index (χ4v) is 2.43. The number of primary amides is 1. The second-order valence-corrected chi connectivity index (χ2v) is 6.15. The number of benzene rings is 2. The monoisotopic (exact) mass is 371 g/mol. The van der Waals surface area contributed by atoms with E-state index in [0.29, 0.717) is 6.54 Å². The van der Waals surface area contributed by atoms with Gasteiger partial charge >= 0.3 is 0 Å². The molecule has 0 spiro atoms. The number of carbonyl (C=O) groups is 2. The Balaban J connectivity index is 0.000000392. The van der Waals surface area contributed by atoms with Crippen molar-refractivity contribution in [2.45, 2.75) is 26.3 Å². The van der Waals surface area contributed by atoms with Gasteiger partial charge in [-0.2, -0.15) is 0 Å². The first-order chi connectivity index (χ1) is 13.0. The zero-order chi connectivity index (χ0) is 20.7. The number of carbonyl (C=O) groups excluding carboxylic acids is 2. The molecule has 148 valence electrons. The summed E-state index contributed by atoms with van der Waals surface area (Å²) in [7, 11) is 1.91. The van der Waals surface area contributed by atoms with E-state index < -0.39 is 0 Å². The number of allylic oxidation sites excluding steroid dienone is 1. The number of aryl methyl sites for hydroxylation is 1. The Labute approximate surface area is 163 Å². The van der Waals surface area contributed by atoms with Crippen molar-refractivity contribution in [1.29, 1.82) is 0 Å². The molecule has 2 aromatic carbocycles. The quantitative estimate of drug-likeness (QED) is 0.796. The van der Waals surface area contributed by atoms with Crippen molar-refractivity contribution in [2.24, 2.45) is 5.73 Å². The SMILES string of the molecule is C=CCC.C=O.CN1CCNCC1C(N)=O.Cc1ccc2ccccc2c1. The lowest BCUT2D eigenvalue weighted by molar-refractivity contribution is -0.123. The average molecular weight is 372 g/mol. The number of nitrogens with two attached hydrogens (primary N) is 1. The van der Waals surface area contributed by atoms with E-state index in [9.17, 15) is 4.79 Å². The molecule has 0 radical (unpaired) electrons. The van der Waals surface area contributed by atoms with E-state index in [1.54, 1.807) is 0 Å². The number of hydrogen-bond donors (Lipinski definition) is 2. The van der Waals surface area contributed by atoms with Crippen LogP contribution in [-0.4, -0.2) is 50.3 Å². The van der Waals surface area contributed by atoms with Gasteiger partial charge in [-0.3, -0.25) is 9.69 Å². The normalized spacial score (nSPS) is 15.7. The van der Waals surface area contributed by atoms with Crippen LogP contribution < -0.4 is 11.1 Å². The molecule has 2 aromatic rings. The molecule has 3 rings (SSSR count). The van der Waals surface area contributed by atoms with E-state index >= 15 is 0 Å². The summed E-state index contributed by atoms with van der Waals surface area (Å²) in [5.74, 6) is -0.241. The third-order valence-corrected chi connectivity index (χ3v) is 4.03. The van der Waals surface area contributed by atoms with E-state index in [0.717, 1.165) is 19.5 Å². The first-order valence-corrected chi connectivity index (χ1v) is 9.05. The first-order valence-electron chi connectivity index (χ1n) is 9.05. The predicted molar refractivity (Wildman–Crippen MR) is 115 cm³/mol. The number of hydrogen-bond acceptors (Lipinski definition) is 4. The first kappa shape index (κ1) is 24.5. The highest BCUT2D eigenvalue weighted by molar-refractivity contribution is 5.82. The summed E-state index contributed by atoms with van der Waals surface area (Å²) in [6, 6.07) is 14.8. The molecule has 0 saturated carbocycles. The van der Waals surface area contributed by atoms with Crippen molar-refractivity contribution in [1.82, 2.24) is 10.2 Å². The molecule has 0 aliphatic carbocycles. The summed E-state index contributed by atoms with van der Waals surface area (Å²) in [5.41, 5.74) is 6.46. The largest absolute Gasteiger partial charge is 0.368 e. The molecule has 3 N–H and O–H groups in total. The van der Waals surface area contributed by atoms with Crippen LogP contribution >= 0.6 is 0 Å². The van der Waals surface area contributed by atoms with E-state index in [1.165, 1.54) is 16.3 Å². The average Bonchev–Trinajstić information content (AvgIpc) is 2.70. The lowest BCUT2D eigenvalue weighted by Gasteiger charge is -2.30. The summed E-state index contributed by atoms with van der Waals surface area (Å²) in [6.45, 7) is 12.2. The van der Waals surface area contributed by atoms with Crippen molar-refractivity contribution >= 4 is 23.5 Å². The van der Waals surface area contributed by atoms with Crippen molar-refractivity contribution in [3.05, 3.63) is 60.7 Å². The number of nitrogens with zero attached hydrogens (tertiary/aromatic N) is 1. The molecule has 0 aromatic heterocycles. The highest BCUT2D eigenvalue weighted by Crippen LogP contribution is 2.14. The molecular formula is C22H33N3O2. The van der Waals surface area contributed by atoms with Gasteiger partial charge in [-0.25, -0.2) is 0 Å². The minimum atomic E-state index is -0.241. The number of likely N-dealkylation sites (N-methyl/N-ethyl adjacent to an activating group) is 1. The van der Waals surface area contributed by atoms with Gasteiger partial charge in [0.05, 0.1) is 0 Å². The Hall–Kier alpha value is -2.50. The number of nitrogens with one attached hydrogen (secondary N) is 1. The third kappa shape index (κ3) is 9.68. The molecular weight excluding hydrogens is 338 g/mol. The summed E-state index contributed by atoms with van der Waals surface area (Å²) < 4.78 is 0. The molecule has 1 aliphatic rings. The molecule has 1 amide bonds. The van der Waals surface area contributed by atoms with Crippen LogP contribution in [0.3, 0.4) is 0 Å².